The highest BCUT2D eigenvalue weighted by Crippen LogP contribution is 2.22. The lowest BCUT2D eigenvalue weighted by Gasteiger charge is -2.22. The summed E-state index contributed by atoms with van der Waals surface area (Å²) < 4.78 is 0. The number of β-amino-alcohol motifs (C(OH)–C–C–N with tert-alkyl or cyclic N) is 1. The second kappa shape index (κ2) is 7.07. The summed E-state index contributed by atoms with van der Waals surface area (Å²) in [6.07, 6.45) is 0.0805. The van der Waals surface area contributed by atoms with E-state index in [1.54, 1.807) is 11.9 Å². The van der Waals surface area contributed by atoms with Crippen molar-refractivity contribution >= 4 is 24.0 Å². The van der Waals surface area contributed by atoms with Gasteiger partial charge in [0, 0.05) is 19.3 Å². The van der Waals surface area contributed by atoms with Crippen molar-refractivity contribution < 1.29 is 9.90 Å². The molecule has 2 N–H and O–H groups in total. The Bertz CT molecular complexity index is 465. The van der Waals surface area contributed by atoms with Crippen molar-refractivity contribution in [3.05, 3.63) is 29.8 Å². The summed E-state index contributed by atoms with van der Waals surface area (Å²) in [6, 6.07) is 7.76. The van der Waals surface area contributed by atoms with E-state index < -0.39 is 6.10 Å². The molecule has 0 spiro atoms. The fraction of sp³-hybridized carbons (Fsp3) is 0.533. The fourth-order valence-corrected chi connectivity index (χ4v) is 2.36. The van der Waals surface area contributed by atoms with Gasteiger partial charge in [0.25, 0.3) is 0 Å². The SMILES string of the molecule is CC(C)c1cccc(N(C)C(=O)C2CC(O)CN2)c1.Cl. The fourth-order valence-electron chi connectivity index (χ4n) is 2.36. The molecule has 4 nitrogen and oxygen atoms in total. The number of halogens is 1. The third-order valence-corrected chi connectivity index (χ3v) is 3.66. The van der Waals surface area contributed by atoms with Gasteiger partial charge in [0.1, 0.15) is 0 Å². The molecule has 1 aromatic carbocycles. The second-order valence-corrected chi connectivity index (χ2v) is 5.50. The number of aliphatic hydroxyl groups excluding tert-OH is 1. The first-order valence-corrected chi connectivity index (χ1v) is 6.78. The molecule has 2 atom stereocenters. The maximum Gasteiger partial charge on any atom is 0.243 e. The van der Waals surface area contributed by atoms with Crippen molar-refractivity contribution in [2.75, 3.05) is 18.5 Å². The predicted octanol–water partition coefficient (Wildman–Crippen LogP) is 1.92. The molecule has 1 aliphatic heterocycles. The largest absolute Gasteiger partial charge is 0.392 e. The second-order valence-electron chi connectivity index (χ2n) is 5.50. The molecule has 20 heavy (non-hydrogen) atoms. The zero-order valence-electron chi connectivity index (χ0n) is 12.2. The average molecular weight is 299 g/mol. The lowest BCUT2D eigenvalue weighted by atomic mass is 10.0. The van der Waals surface area contributed by atoms with Crippen LogP contribution in [0.25, 0.3) is 0 Å². The van der Waals surface area contributed by atoms with Crippen molar-refractivity contribution in [1.29, 1.82) is 0 Å². The zero-order valence-corrected chi connectivity index (χ0v) is 13.0. The quantitative estimate of drug-likeness (QED) is 0.896. The zero-order chi connectivity index (χ0) is 14.0. The van der Waals surface area contributed by atoms with E-state index in [9.17, 15) is 9.90 Å². The Balaban J connectivity index is 0.00000200. The number of benzene rings is 1. The number of likely N-dealkylation sites (N-methyl/N-ethyl adjacent to an activating group) is 1. The molecule has 1 aliphatic rings. The molecule has 5 heteroatoms. The van der Waals surface area contributed by atoms with Gasteiger partial charge in [0.05, 0.1) is 12.1 Å². The molecule has 0 aromatic heterocycles. The number of carbonyl (C=O) groups excluding carboxylic acids is 1. The van der Waals surface area contributed by atoms with Gasteiger partial charge < -0.3 is 15.3 Å². The summed E-state index contributed by atoms with van der Waals surface area (Å²) in [5, 5.41) is 12.5. The van der Waals surface area contributed by atoms with Crippen LogP contribution in [0.1, 0.15) is 31.7 Å². The summed E-state index contributed by atoms with van der Waals surface area (Å²) >= 11 is 0. The summed E-state index contributed by atoms with van der Waals surface area (Å²) in [5.41, 5.74) is 2.12. The van der Waals surface area contributed by atoms with Crippen molar-refractivity contribution in [3.8, 4) is 0 Å². The Kier molecular flexibility index (Phi) is 5.99. The van der Waals surface area contributed by atoms with Gasteiger partial charge in [-0.25, -0.2) is 0 Å². The molecule has 0 saturated carbocycles. The number of hydrogen-bond acceptors (Lipinski definition) is 3. The smallest absolute Gasteiger partial charge is 0.243 e. The summed E-state index contributed by atoms with van der Waals surface area (Å²) in [5.74, 6) is 0.451. The normalized spacial score (nSPS) is 21.6. The number of hydrogen-bond donors (Lipinski definition) is 2. The van der Waals surface area contributed by atoms with Crippen LogP contribution in [0.3, 0.4) is 0 Å². The Morgan fingerprint density at radius 1 is 1.45 bits per heavy atom. The number of nitrogens with one attached hydrogen (secondary N) is 1. The summed E-state index contributed by atoms with van der Waals surface area (Å²) in [4.78, 5) is 14.0. The van der Waals surface area contributed by atoms with Gasteiger partial charge in [-0.3, -0.25) is 4.79 Å². The predicted molar refractivity (Wildman–Crippen MR) is 83.6 cm³/mol. The minimum Gasteiger partial charge on any atom is -0.392 e. The summed E-state index contributed by atoms with van der Waals surface area (Å²) in [6.45, 7) is 4.77. The topological polar surface area (TPSA) is 52.6 Å². The molecule has 1 heterocycles. The summed E-state index contributed by atoms with van der Waals surface area (Å²) in [7, 11) is 1.79. The van der Waals surface area contributed by atoms with E-state index in [2.05, 4.69) is 25.2 Å². The van der Waals surface area contributed by atoms with Crippen LogP contribution < -0.4 is 10.2 Å². The maximum atomic E-state index is 12.3. The van der Waals surface area contributed by atoms with Gasteiger partial charge in [-0.1, -0.05) is 26.0 Å². The first-order valence-electron chi connectivity index (χ1n) is 6.78. The van der Waals surface area contributed by atoms with Crippen LogP contribution in [-0.2, 0) is 4.79 Å². The van der Waals surface area contributed by atoms with E-state index in [0.717, 1.165) is 5.69 Å². The van der Waals surface area contributed by atoms with Crippen LogP contribution in [0.2, 0.25) is 0 Å². The molecule has 1 fully saturated rings. The molecule has 0 radical (unpaired) electrons. The van der Waals surface area contributed by atoms with Crippen molar-refractivity contribution in [2.45, 2.75) is 38.3 Å². The first kappa shape index (κ1) is 17.0. The Hall–Kier alpha value is -1.10. The molecular weight excluding hydrogens is 276 g/mol. The van der Waals surface area contributed by atoms with E-state index in [-0.39, 0.29) is 24.4 Å². The number of rotatable bonds is 3. The van der Waals surface area contributed by atoms with E-state index in [1.807, 2.05) is 18.2 Å². The molecular formula is C15H23ClN2O2. The Morgan fingerprint density at radius 2 is 2.15 bits per heavy atom. The number of carbonyl (C=O) groups is 1. The standard InChI is InChI=1S/C15H22N2O2.ClH/c1-10(2)11-5-4-6-12(7-11)17(3)15(19)14-8-13(18)9-16-14;/h4-7,10,13-14,16,18H,8-9H2,1-3H3;1H. The first-order chi connectivity index (χ1) is 8.99. The van der Waals surface area contributed by atoms with Crippen LogP contribution in [-0.4, -0.2) is 36.8 Å². The molecule has 2 rings (SSSR count). The van der Waals surface area contributed by atoms with Crippen molar-refractivity contribution in [1.82, 2.24) is 5.32 Å². The molecule has 0 aliphatic carbocycles. The number of anilines is 1. The average Bonchev–Trinajstić information content (AvgIpc) is 2.84. The van der Waals surface area contributed by atoms with Crippen LogP contribution in [0.5, 0.6) is 0 Å². The maximum absolute atomic E-state index is 12.3. The van der Waals surface area contributed by atoms with E-state index in [0.29, 0.717) is 18.9 Å². The van der Waals surface area contributed by atoms with Crippen LogP contribution in [0.15, 0.2) is 24.3 Å². The highest BCUT2D eigenvalue weighted by molar-refractivity contribution is 5.97. The van der Waals surface area contributed by atoms with Gasteiger partial charge in [-0.05, 0) is 30.0 Å². The third-order valence-electron chi connectivity index (χ3n) is 3.66. The molecule has 1 amide bonds. The minimum absolute atomic E-state index is 0. The van der Waals surface area contributed by atoms with Gasteiger partial charge in [0.15, 0.2) is 0 Å². The highest BCUT2D eigenvalue weighted by Gasteiger charge is 2.30. The molecule has 1 aromatic rings. The molecule has 2 unspecified atom stereocenters. The third kappa shape index (κ3) is 3.72. The van der Waals surface area contributed by atoms with Gasteiger partial charge in [-0.2, -0.15) is 0 Å². The van der Waals surface area contributed by atoms with E-state index in [1.165, 1.54) is 5.56 Å². The Labute approximate surface area is 126 Å². The molecule has 0 bridgehead atoms. The lowest BCUT2D eigenvalue weighted by molar-refractivity contribution is -0.120. The monoisotopic (exact) mass is 298 g/mol. The molecule has 112 valence electrons. The molecule has 1 saturated heterocycles. The van der Waals surface area contributed by atoms with E-state index in [4.69, 9.17) is 0 Å². The van der Waals surface area contributed by atoms with Gasteiger partial charge >= 0.3 is 0 Å². The highest BCUT2D eigenvalue weighted by atomic mass is 35.5. The van der Waals surface area contributed by atoms with Crippen molar-refractivity contribution in [3.63, 3.8) is 0 Å². The minimum atomic E-state index is -0.413. The number of aliphatic hydroxyl groups is 1. The van der Waals surface area contributed by atoms with Crippen LogP contribution >= 0.6 is 12.4 Å². The van der Waals surface area contributed by atoms with Gasteiger partial charge in [-0.15, -0.1) is 12.4 Å². The lowest BCUT2D eigenvalue weighted by Crippen LogP contribution is -2.41. The number of nitrogens with zero attached hydrogens (tertiary/aromatic N) is 1. The van der Waals surface area contributed by atoms with Crippen LogP contribution in [0, 0.1) is 0 Å². The van der Waals surface area contributed by atoms with Crippen molar-refractivity contribution in [2.24, 2.45) is 0 Å². The van der Waals surface area contributed by atoms with Crippen LogP contribution in [0.4, 0.5) is 5.69 Å². The number of amides is 1. The Morgan fingerprint density at radius 3 is 2.70 bits per heavy atom. The van der Waals surface area contributed by atoms with E-state index >= 15 is 0 Å². The van der Waals surface area contributed by atoms with Gasteiger partial charge in [0.2, 0.25) is 5.91 Å².